The van der Waals surface area contributed by atoms with Crippen molar-refractivity contribution in [3.63, 3.8) is 0 Å². The average molecular weight is 287 g/mol. The Balaban J connectivity index is 2.93. The molecule has 1 aromatic rings. The summed E-state index contributed by atoms with van der Waals surface area (Å²) in [6.45, 7) is 5.07. The summed E-state index contributed by atoms with van der Waals surface area (Å²) in [6.07, 6.45) is -0.596. The van der Waals surface area contributed by atoms with Crippen LogP contribution in [0.4, 0.5) is 10.5 Å². The zero-order chi connectivity index (χ0) is 14.6. The van der Waals surface area contributed by atoms with E-state index < -0.39 is 17.7 Å². The van der Waals surface area contributed by atoms with Crippen molar-refractivity contribution in [2.45, 2.75) is 32.4 Å². The molecule has 1 amide bonds. The number of aliphatic hydroxyl groups is 1. The van der Waals surface area contributed by atoms with E-state index in [0.717, 1.165) is 0 Å². The van der Waals surface area contributed by atoms with Gasteiger partial charge in [-0.05, 0) is 38.5 Å². The third kappa shape index (κ3) is 5.06. The molecule has 0 aliphatic carbocycles. The summed E-state index contributed by atoms with van der Waals surface area (Å²) < 4.78 is 5.15. The van der Waals surface area contributed by atoms with E-state index >= 15 is 0 Å². The topological polar surface area (TPSA) is 84.6 Å². The Hall–Kier alpha value is -1.30. The van der Waals surface area contributed by atoms with Crippen LogP contribution in [0.2, 0.25) is 5.02 Å². The van der Waals surface area contributed by atoms with Crippen molar-refractivity contribution in [3.05, 3.63) is 28.8 Å². The van der Waals surface area contributed by atoms with E-state index in [2.05, 4.69) is 5.32 Å². The summed E-state index contributed by atoms with van der Waals surface area (Å²) in [5.41, 5.74) is 6.20. The van der Waals surface area contributed by atoms with E-state index in [1.54, 1.807) is 39.0 Å². The highest BCUT2D eigenvalue weighted by Gasteiger charge is 2.18. The van der Waals surface area contributed by atoms with Crippen molar-refractivity contribution in [1.29, 1.82) is 0 Å². The predicted molar refractivity (Wildman–Crippen MR) is 75.3 cm³/mol. The third-order valence-corrected chi connectivity index (χ3v) is 2.48. The monoisotopic (exact) mass is 286 g/mol. The van der Waals surface area contributed by atoms with Gasteiger partial charge in [-0.15, -0.1) is 0 Å². The second kappa shape index (κ2) is 6.23. The molecule has 0 aliphatic rings. The zero-order valence-electron chi connectivity index (χ0n) is 11.2. The van der Waals surface area contributed by atoms with Crippen LogP contribution < -0.4 is 11.1 Å². The smallest absolute Gasteiger partial charge is 0.412 e. The molecule has 1 aromatic carbocycles. The molecule has 1 rings (SSSR count). The van der Waals surface area contributed by atoms with Gasteiger partial charge in [0.15, 0.2) is 0 Å². The first-order valence-electron chi connectivity index (χ1n) is 5.89. The molecule has 0 spiro atoms. The van der Waals surface area contributed by atoms with Gasteiger partial charge in [0.05, 0.1) is 18.3 Å². The lowest BCUT2D eigenvalue weighted by atomic mass is 10.1. The van der Waals surface area contributed by atoms with E-state index in [0.29, 0.717) is 16.3 Å². The number of hydrogen-bond donors (Lipinski definition) is 3. The van der Waals surface area contributed by atoms with Crippen LogP contribution in [-0.4, -0.2) is 23.4 Å². The molecule has 19 heavy (non-hydrogen) atoms. The number of anilines is 1. The van der Waals surface area contributed by atoms with E-state index in [1.807, 2.05) is 0 Å². The highest BCUT2D eigenvalue weighted by molar-refractivity contribution is 6.31. The van der Waals surface area contributed by atoms with Gasteiger partial charge in [-0.3, -0.25) is 5.32 Å². The van der Waals surface area contributed by atoms with Gasteiger partial charge in [0, 0.05) is 5.02 Å². The van der Waals surface area contributed by atoms with Crippen LogP contribution in [0.1, 0.15) is 32.4 Å². The quantitative estimate of drug-likeness (QED) is 0.797. The zero-order valence-corrected chi connectivity index (χ0v) is 12.0. The van der Waals surface area contributed by atoms with Gasteiger partial charge in [0.25, 0.3) is 0 Å². The molecule has 0 saturated heterocycles. The molecule has 106 valence electrons. The van der Waals surface area contributed by atoms with Crippen LogP contribution >= 0.6 is 11.6 Å². The Kier molecular flexibility index (Phi) is 5.17. The first-order chi connectivity index (χ1) is 8.73. The number of carbonyl (C=O) groups is 1. The van der Waals surface area contributed by atoms with Gasteiger partial charge in [-0.2, -0.15) is 0 Å². The minimum absolute atomic E-state index is 0.232. The van der Waals surface area contributed by atoms with Gasteiger partial charge < -0.3 is 15.6 Å². The van der Waals surface area contributed by atoms with Crippen LogP contribution in [0.15, 0.2) is 18.2 Å². The normalized spacial score (nSPS) is 12.9. The molecule has 0 aromatic heterocycles. The van der Waals surface area contributed by atoms with Crippen LogP contribution in [0.25, 0.3) is 0 Å². The molecule has 0 heterocycles. The minimum atomic E-state index is -0.596. The number of rotatable bonds is 3. The molecule has 1 unspecified atom stereocenters. The second-order valence-electron chi connectivity index (χ2n) is 5.15. The first-order valence-corrected chi connectivity index (χ1v) is 6.26. The molecule has 5 nitrogen and oxygen atoms in total. The van der Waals surface area contributed by atoms with Gasteiger partial charge in [-0.25, -0.2) is 4.79 Å². The first kappa shape index (κ1) is 15.8. The number of carbonyl (C=O) groups excluding carboxylic acids is 1. The Labute approximate surface area is 117 Å². The van der Waals surface area contributed by atoms with Crippen LogP contribution in [-0.2, 0) is 4.74 Å². The number of amides is 1. The van der Waals surface area contributed by atoms with Gasteiger partial charge in [0.2, 0.25) is 0 Å². The molecule has 0 radical (unpaired) electrons. The van der Waals surface area contributed by atoms with Crippen molar-refractivity contribution >= 4 is 23.4 Å². The highest BCUT2D eigenvalue weighted by Crippen LogP contribution is 2.26. The van der Waals surface area contributed by atoms with Crippen molar-refractivity contribution in [1.82, 2.24) is 0 Å². The van der Waals surface area contributed by atoms with Crippen molar-refractivity contribution in [3.8, 4) is 0 Å². The lowest BCUT2D eigenvalue weighted by molar-refractivity contribution is 0.0635. The van der Waals surface area contributed by atoms with E-state index in [9.17, 15) is 4.79 Å². The van der Waals surface area contributed by atoms with Gasteiger partial charge in [0.1, 0.15) is 5.60 Å². The summed E-state index contributed by atoms with van der Waals surface area (Å²) in [5.74, 6) is 0. The molecule has 0 aliphatic heterocycles. The van der Waals surface area contributed by atoms with E-state index in [1.165, 1.54) is 0 Å². The molecular formula is C13H19ClN2O3. The average Bonchev–Trinajstić information content (AvgIpc) is 2.25. The molecule has 0 bridgehead atoms. The van der Waals surface area contributed by atoms with Crippen LogP contribution in [0.3, 0.4) is 0 Å². The number of halogens is 1. The lowest BCUT2D eigenvalue weighted by Crippen LogP contribution is -2.28. The fraction of sp³-hybridized carbons (Fsp3) is 0.462. The maximum absolute atomic E-state index is 11.7. The van der Waals surface area contributed by atoms with Crippen LogP contribution in [0.5, 0.6) is 0 Å². The van der Waals surface area contributed by atoms with E-state index in [-0.39, 0.29) is 6.61 Å². The Morgan fingerprint density at radius 2 is 2.16 bits per heavy atom. The van der Waals surface area contributed by atoms with Crippen molar-refractivity contribution in [2.75, 3.05) is 11.9 Å². The summed E-state index contributed by atoms with van der Waals surface area (Å²) in [7, 11) is 0. The molecule has 0 fully saturated rings. The summed E-state index contributed by atoms with van der Waals surface area (Å²) >= 11 is 5.89. The van der Waals surface area contributed by atoms with Crippen molar-refractivity contribution in [2.24, 2.45) is 5.73 Å². The minimum Gasteiger partial charge on any atom is -0.444 e. The molecule has 1 atom stereocenters. The summed E-state index contributed by atoms with van der Waals surface area (Å²) in [6, 6.07) is 4.28. The maximum atomic E-state index is 11.7. The third-order valence-electron chi connectivity index (χ3n) is 2.25. The number of nitrogens with two attached hydrogens (primary N) is 1. The van der Waals surface area contributed by atoms with E-state index in [4.69, 9.17) is 27.2 Å². The lowest BCUT2D eigenvalue weighted by Gasteiger charge is -2.21. The fourth-order valence-corrected chi connectivity index (χ4v) is 1.64. The Morgan fingerprint density at radius 3 is 2.68 bits per heavy atom. The summed E-state index contributed by atoms with van der Waals surface area (Å²) in [5, 5.41) is 12.1. The largest absolute Gasteiger partial charge is 0.444 e. The molecule has 6 heteroatoms. The van der Waals surface area contributed by atoms with Crippen LogP contribution in [0, 0.1) is 0 Å². The molecule has 0 saturated carbocycles. The highest BCUT2D eigenvalue weighted by atomic mass is 35.5. The fourth-order valence-electron chi connectivity index (χ4n) is 1.47. The maximum Gasteiger partial charge on any atom is 0.412 e. The van der Waals surface area contributed by atoms with Gasteiger partial charge in [-0.1, -0.05) is 17.7 Å². The number of ether oxygens (including phenoxy) is 1. The summed E-state index contributed by atoms with van der Waals surface area (Å²) in [4.78, 5) is 11.7. The molecule has 4 N–H and O–H groups in total. The second-order valence-corrected chi connectivity index (χ2v) is 5.58. The van der Waals surface area contributed by atoms with Crippen molar-refractivity contribution < 1.29 is 14.6 Å². The number of benzene rings is 1. The SMILES string of the molecule is CC(C)(C)OC(=O)Nc1cc(Cl)ccc1C(N)CO. The number of aliphatic hydroxyl groups excluding tert-OH is 1. The molecular weight excluding hydrogens is 268 g/mol. The number of hydrogen-bond acceptors (Lipinski definition) is 4. The standard InChI is InChI=1S/C13H19ClN2O3/c1-13(2,3)19-12(18)16-11-6-8(14)4-5-9(11)10(15)7-17/h4-6,10,17H,7,15H2,1-3H3,(H,16,18). The van der Waals surface area contributed by atoms with Gasteiger partial charge >= 0.3 is 6.09 Å². The number of nitrogens with one attached hydrogen (secondary N) is 1. The Bertz CT molecular complexity index is 458. The Morgan fingerprint density at radius 1 is 1.53 bits per heavy atom. The predicted octanol–water partition coefficient (Wildman–Crippen LogP) is 2.68.